The van der Waals surface area contributed by atoms with E-state index in [-0.39, 0.29) is 11.6 Å². The Balaban J connectivity index is 2.45. The van der Waals surface area contributed by atoms with Gasteiger partial charge in [0.2, 0.25) is 12.1 Å². The third kappa shape index (κ3) is 1.66. The van der Waals surface area contributed by atoms with Gasteiger partial charge in [0.25, 0.3) is 0 Å². The molecule has 75 valence electrons. The standard InChI is InChI=1S/C11H9N2O2/c1-7(6-14)10(15)11-12-8-4-2-3-5-9(8)13-11/h2-5,7H,1H3,(H,12,13). The lowest BCUT2D eigenvalue weighted by Crippen LogP contribution is -2.13. The van der Waals surface area contributed by atoms with E-state index in [9.17, 15) is 9.59 Å². The molecule has 1 aromatic carbocycles. The smallest absolute Gasteiger partial charge is 0.209 e. The van der Waals surface area contributed by atoms with Gasteiger partial charge in [-0.1, -0.05) is 12.1 Å². The lowest BCUT2D eigenvalue weighted by molar-refractivity contribution is 0.0951. The second kappa shape index (κ2) is 3.65. The van der Waals surface area contributed by atoms with E-state index in [1.807, 2.05) is 18.2 Å². The maximum absolute atomic E-state index is 11.6. The fraction of sp³-hybridized carbons (Fsp3) is 0.182. The summed E-state index contributed by atoms with van der Waals surface area (Å²) < 4.78 is 0. The van der Waals surface area contributed by atoms with Crippen LogP contribution >= 0.6 is 0 Å². The highest BCUT2D eigenvalue weighted by Crippen LogP contribution is 2.12. The molecule has 2 aromatic rings. The number of H-pyrrole nitrogens is 1. The van der Waals surface area contributed by atoms with Crippen LogP contribution in [0.2, 0.25) is 0 Å². The number of benzene rings is 1. The van der Waals surface area contributed by atoms with E-state index in [1.165, 1.54) is 6.92 Å². The van der Waals surface area contributed by atoms with E-state index in [1.54, 1.807) is 12.4 Å². The number of carbonyl (C=O) groups is 1. The quantitative estimate of drug-likeness (QED) is 0.604. The van der Waals surface area contributed by atoms with Crippen molar-refractivity contribution in [1.29, 1.82) is 0 Å². The minimum absolute atomic E-state index is 0.215. The lowest BCUT2D eigenvalue weighted by Gasteiger charge is -1.95. The maximum atomic E-state index is 11.6. The average molecular weight is 201 g/mol. The van der Waals surface area contributed by atoms with Crippen LogP contribution in [-0.2, 0) is 4.79 Å². The van der Waals surface area contributed by atoms with Crippen molar-refractivity contribution in [3.63, 3.8) is 0 Å². The predicted octanol–water partition coefficient (Wildman–Crippen LogP) is 1.49. The molecule has 1 radical (unpaired) electrons. The van der Waals surface area contributed by atoms with Gasteiger partial charge in [-0.2, -0.15) is 0 Å². The second-order valence-corrected chi connectivity index (χ2v) is 3.31. The normalized spacial score (nSPS) is 12.6. The van der Waals surface area contributed by atoms with Crippen LogP contribution in [0.4, 0.5) is 0 Å². The van der Waals surface area contributed by atoms with Crippen LogP contribution in [0, 0.1) is 5.92 Å². The van der Waals surface area contributed by atoms with Gasteiger partial charge < -0.3 is 4.98 Å². The fourth-order valence-corrected chi connectivity index (χ4v) is 1.33. The summed E-state index contributed by atoms with van der Waals surface area (Å²) in [4.78, 5) is 28.9. The third-order valence-electron chi connectivity index (χ3n) is 2.19. The molecule has 1 unspecified atom stereocenters. The number of aromatic amines is 1. The van der Waals surface area contributed by atoms with Crippen LogP contribution in [-0.4, -0.2) is 22.0 Å². The van der Waals surface area contributed by atoms with Crippen molar-refractivity contribution in [3.05, 3.63) is 30.1 Å². The highest BCUT2D eigenvalue weighted by atomic mass is 16.1. The molecule has 15 heavy (non-hydrogen) atoms. The molecular weight excluding hydrogens is 192 g/mol. The summed E-state index contributed by atoms with van der Waals surface area (Å²) in [5, 5.41) is 0. The largest absolute Gasteiger partial charge is 0.335 e. The Labute approximate surface area is 86.3 Å². The number of hydrogen-bond acceptors (Lipinski definition) is 3. The first-order valence-corrected chi connectivity index (χ1v) is 4.59. The number of para-hydroxylation sites is 2. The van der Waals surface area contributed by atoms with Crippen LogP contribution in [0.1, 0.15) is 17.5 Å². The van der Waals surface area contributed by atoms with E-state index < -0.39 is 5.92 Å². The number of aromatic nitrogens is 2. The highest BCUT2D eigenvalue weighted by Gasteiger charge is 2.18. The molecule has 0 aliphatic carbocycles. The van der Waals surface area contributed by atoms with Crippen molar-refractivity contribution in [3.8, 4) is 0 Å². The monoisotopic (exact) mass is 201 g/mol. The molecule has 0 aliphatic rings. The molecule has 1 aromatic heterocycles. The van der Waals surface area contributed by atoms with Gasteiger partial charge in [-0.15, -0.1) is 0 Å². The lowest BCUT2D eigenvalue weighted by atomic mass is 10.1. The molecule has 1 atom stereocenters. The van der Waals surface area contributed by atoms with E-state index in [0.29, 0.717) is 0 Å². The molecule has 4 nitrogen and oxygen atoms in total. The van der Waals surface area contributed by atoms with Crippen molar-refractivity contribution in [1.82, 2.24) is 9.97 Å². The van der Waals surface area contributed by atoms with Crippen molar-refractivity contribution in [2.24, 2.45) is 5.92 Å². The molecule has 1 N–H and O–H groups in total. The predicted molar refractivity (Wildman–Crippen MR) is 55.3 cm³/mol. The molecule has 0 amide bonds. The molecule has 0 aliphatic heterocycles. The Morgan fingerprint density at radius 3 is 2.87 bits per heavy atom. The third-order valence-corrected chi connectivity index (χ3v) is 2.19. The second-order valence-electron chi connectivity index (χ2n) is 3.31. The number of ketones is 1. The van der Waals surface area contributed by atoms with Gasteiger partial charge in [0.15, 0.2) is 5.82 Å². The first kappa shape index (κ1) is 9.58. The number of nitrogens with zero attached hydrogens (tertiary/aromatic N) is 1. The van der Waals surface area contributed by atoms with Gasteiger partial charge in [-0.3, -0.25) is 9.59 Å². The Kier molecular flexibility index (Phi) is 2.33. The van der Waals surface area contributed by atoms with Crippen LogP contribution in [0.15, 0.2) is 24.3 Å². The average Bonchev–Trinajstić information content (AvgIpc) is 2.70. The zero-order valence-electron chi connectivity index (χ0n) is 8.15. The summed E-state index contributed by atoms with van der Waals surface area (Å²) in [5.41, 5.74) is 1.51. The minimum atomic E-state index is -0.773. The molecule has 0 spiro atoms. The van der Waals surface area contributed by atoms with E-state index >= 15 is 0 Å². The highest BCUT2D eigenvalue weighted by molar-refractivity contribution is 6.04. The van der Waals surface area contributed by atoms with Gasteiger partial charge in [0.1, 0.15) is 0 Å². The van der Waals surface area contributed by atoms with E-state index in [2.05, 4.69) is 9.97 Å². The molecule has 0 saturated heterocycles. The fourth-order valence-electron chi connectivity index (χ4n) is 1.33. The van der Waals surface area contributed by atoms with Crippen molar-refractivity contribution in [2.45, 2.75) is 6.92 Å². The molecular formula is C11H9N2O2. The summed E-state index contributed by atoms with van der Waals surface area (Å²) in [7, 11) is 0. The SMILES string of the molecule is CC([C]=O)C(=O)c1nc2ccccc2[nH]1. The van der Waals surface area contributed by atoms with Crippen LogP contribution < -0.4 is 0 Å². The Morgan fingerprint density at radius 2 is 2.20 bits per heavy atom. The van der Waals surface area contributed by atoms with Gasteiger partial charge in [-0.05, 0) is 19.1 Å². The summed E-state index contributed by atoms with van der Waals surface area (Å²) in [5.74, 6) is -0.890. The number of carbonyl (C=O) groups excluding carboxylic acids is 2. The summed E-state index contributed by atoms with van der Waals surface area (Å²) in [6, 6.07) is 7.32. The number of imidazole rings is 1. The topological polar surface area (TPSA) is 62.8 Å². The number of hydrogen-bond donors (Lipinski definition) is 1. The van der Waals surface area contributed by atoms with Crippen molar-refractivity contribution >= 4 is 23.1 Å². The summed E-state index contributed by atoms with van der Waals surface area (Å²) in [6.07, 6.45) is 1.65. The van der Waals surface area contributed by atoms with Gasteiger partial charge in [0, 0.05) is 0 Å². The van der Waals surface area contributed by atoms with Crippen LogP contribution in [0.5, 0.6) is 0 Å². The van der Waals surface area contributed by atoms with Gasteiger partial charge >= 0.3 is 0 Å². The molecule has 4 heteroatoms. The van der Waals surface area contributed by atoms with Crippen LogP contribution in [0.3, 0.4) is 0 Å². The van der Waals surface area contributed by atoms with Crippen LogP contribution in [0.25, 0.3) is 11.0 Å². The Morgan fingerprint density at radius 1 is 1.47 bits per heavy atom. The molecule has 0 bridgehead atoms. The molecule has 0 saturated carbocycles. The Hall–Kier alpha value is -1.97. The number of Topliss-reactive ketones (excluding diaryl/α,β-unsaturated/α-hetero) is 1. The first-order chi connectivity index (χ1) is 7.22. The number of rotatable bonds is 3. The zero-order chi connectivity index (χ0) is 10.8. The maximum Gasteiger partial charge on any atom is 0.209 e. The minimum Gasteiger partial charge on any atom is -0.335 e. The van der Waals surface area contributed by atoms with E-state index in [0.717, 1.165) is 11.0 Å². The molecule has 0 fully saturated rings. The van der Waals surface area contributed by atoms with Gasteiger partial charge in [-0.25, -0.2) is 4.98 Å². The van der Waals surface area contributed by atoms with E-state index in [4.69, 9.17) is 0 Å². The zero-order valence-corrected chi connectivity index (χ0v) is 8.15. The van der Waals surface area contributed by atoms with Crippen molar-refractivity contribution in [2.75, 3.05) is 0 Å². The first-order valence-electron chi connectivity index (χ1n) is 4.59. The molecule has 1 heterocycles. The summed E-state index contributed by atoms with van der Waals surface area (Å²) >= 11 is 0. The summed E-state index contributed by atoms with van der Waals surface area (Å²) in [6.45, 7) is 1.50. The van der Waals surface area contributed by atoms with Crippen molar-refractivity contribution < 1.29 is 9.59 Å². The number of nitrogens with one attached hydrogen (secondary N) is 1. The Bertz CT molecular complexity index is 483. The number of fused-ring (bicyclic) bond motifs is 1. The molecule has 2 rings (SSSR count). The van der Waals surface area contributed by atoms with Gasteiger partial charge in [0.05, 0.1) is 17.0 Å².